The van der Waals surface area contributed by atoms with E-state index in [-0.39, 0.29) is 23.1 Å². The van der Waals surface area contributed by atoms with Gasteiger partial charge in [-0.25, -0.2) is 13.6 Å². The number of nitrogens with two attached hydrogens (primary N) is 1. The van der Waals surface area contributed by atoms with Gasteiger partial charge in [-0.1, -0.05) is 23.7 Å². The van der Waals surface area contributed by atoms with Crippen LogP contribution < -0.4 is 15.4 Å². The van der Waals surface area contributed by atoms with E-state index in [9.17, 15) is 18.0 Å². The fourth-order valence-electron chi connectivity index (χ4n) is 4.83. The second-order valence-corrected chi connectivity index (χ2v) is 11.4. The third-order valence-corrected chi connectivity index (χ3v) is 8.04. The lowest BCUT2D eigenvalue weighted by Crippen LogP contribution is -2.45. The van der Waals surface area contributed by atoms with E-state index in [0.717, 1.165) is 44.7 Å². The van der Waals surface area contributed by atoms with Crippen LogP contribution in [0.15, 0.2) is 53.4 Å². The zero-order valence-corrected chi connectivity index (χ0v) is 21.8. The van der Waals surface area contributed by atoms with E-state index in [4.69, 9.17) is 16.7 Å². The predicted molar refractivity (Wildman–Crippen MR) is 139 cm³/mol. The molecule has 2 saturated heterocycles. The van der Waals surface area contributed by atoms with Crippen molar-refractivity contribution in [3.63, 3.8) is 0 Å². The highest BCUT2D eigenvalue weighted by molar-refractivity contribution is 7.89. The Hall–Kier alpha value is -2.50. The number of carbonyl (C=O) groups excluding carboxylic acids is 2. The average Bonchev–Trinajstić information content (AvgIpc) is 3.20. The van der Waals surface area contributed by atoms with E-state index >= 15 is 0 Å². The first-order valence-electron chi connectivity index (χ1n) is 12.0. The number of nitrogens with zero attached hydrogens (tertiary/aromatic N) is 3. The van der Waals surface area contributed by atoms with Gasteiger partial charge in [-0.15, -0.1) is 0 Å². The first kappa shape index (κ1) is 26.6. The maximum absolute atomic E-state index is 13.3. The number of hydrogen-bond donors (Lipinski definition) is 2. The van der Waals surface area contributed by atoms with Crippen molar-refractivity contribution in [2.75, 3.05) is 51.2 Å². The van der Waals surface area contributed by atoms with Gasteiger partial charge in [0.15, 0.2) is 0 Å². The molecule has 3 N–H and O–H groups in total. The Kier molecular flexibility index (Phi) is 8.31. The van der Waals surface area contributed by atoms with Crippen LogP contribution in [0.1, 0.15) is 24.4 Å². The second-order valence-electron chi connectivity index (χ2n) is 9.40. The summed E-state index contributed by atoms with van der Waals surface area (Å²) in [5.41, 5.74) is 1.27. The molecule has 0 radical (unpaired) electrons. The van der Waals surface area contributed by atoms with Crippen molar-refractivity contribution in [1.82, 2.24) is 15.1 Å². The number of carbonyl (C=O) groups is 2. The largest absolute Gasteiger partial charge is 0.356 e. The highest BCUT2D eigenvalue weighted by Crippen LogP contribution is 2.42. The molecule has 11 heteroatoms. The number of anilines is 1. The molecule has 0 aromatic heterocycles. The van der Waals surface area contributed by atoms with Gasteiger partial charge >= 0.3 is 0 Å². The minimum absolute atomic E-state index is 0.0458. The molecule has 0 aliphatic carbocycles. The minimum atomic E-state index is -3.86. The van der Waals surface area contributed by atoms with Gasteiger partial charge in [0.2, 0.25) is 21.8 Å². The highest BCUT2D eigenvalue weighted by atomic mass is 35.5. The summed E-state index contributed by atoms with van der Waals surface area (Å²) in [7, 11) is -1.74. The van der Waals surface area contributed by atoms with Crippen molar-refractivity contribution < 1.29 is 18.0 Å². The molecule has 194 valence electrons. The summed E-state index contributed by atoms with van der Waals surface area (Å²) in [4.78, 5) is 32.6. The number of hydrogen-bond acceptors (Lipinski definition) is 6. The van der Waals surface area contributed by atoms with Crippen molar-refractivity contribution in [3.8, 4) is 0 Å². The summed E-state index contributed by atoms with van der Waals surface area (Å²) in [5.74, 6) is -0.985. The first-order chi connectivity index (χ1) is 17.1. The van der Waals surface area contributed by atoms with Crippen LogP contribution in [0, 0.1) is 5.92 Å². The lowest BCUT2D eigenvalue weighted by molar-refractivity contribution is -0.126. The van der Waals surface area contributed by atoms with Crippen LogP contribution in [0.5, 0.6) is 0 Å². The van der Waals surface area contributed by atoms with Crippen LogP contribution in [0.3, 0.4) is 0 Å². The monoisotopic (exact) mass is 533 g/mol. The number of piperazine rings is 1. The topological polar surface area (TPSA) is 116 Å². The van der Waals surface area contributed by atoms with E-state index in [1.54, 1.807) is 17.0 Å². The molecular formula is C25H32ClN5O4S. The smallest absolute Gasteiger partial charge is 0.238 e. The SMILES string of the molecule is CN1CCN(CCCNC(=O)[C@H]2CC(=O)N(c3ccc(S(N)(=O)=O)cc3)[C@@H]2c2ccc(Cl)cc2)CC1. The van der Waals surface area contributed by atoms with Gasteiger partial charge in [0.05, 0.1) is 16.9 Å². The average molecular weight is 534 g/mol. The quantitative estimate of drug-likeness (QED) is 0.500. The normalized spacial score (nSPS) is 21.6. The Morgan fingerprint density at radius 3 is 2.31 bits per heavy atom. The van der Waals surface area contributed by atoms with Gasteiger partial charge in [-0.3, -0.25) is 9.59 Å². The molecule has 9 nitrogen and oxygen atoms in total. The zero-order valence-electron chi connectivity index (χ0n) is 20.3. The third-order valence-electron chi connectivity index (χ3n) is 6.86. The van der Waals surface area contributed by atoms with Crippen LogP contribution in [0.25, 0.3) is 0 Å². The molecule has 2 aromatic rings. The molecule has 0 saturated carbocycles. The number of rotatable bonds is 8. The summed E-state index contributed by atoms with van der Waals surface area (Å²) in [6.45, 7) is 5.60. The standard InChI is InChI=1S/C25H32ClN5O4S/c1-29-13-15-30(16-14-29)12-2-11-28-25(33)22-17-23(32)31(24(22)18-3-5-19(26)6-4-18)20-7-9-21(10-8-20)36(27,34)35/h3-10,22,24H,2,11-17H2,1H3,(H,28,33)(H2,27,34,35)/t22-,24+/m0/s1. The van der Waals surface area contributed by atoms with E-state index in [0.29, 0.717) is 17.3 Å². The molecule has 2 aliphatic heterocycles. The van der Waals surface area contributed by atoms with Crippen molar-refractivity contribution in [3.05, 3.63) is 59.1 Å². The summed E-state index contributed by atoms with van der Waals surface area (Å²) < 4.78 is 23.3. The van der Waals surface area contributed by atoms with Crippen molar-refractivity contribution >= 4 is 39.1 Å². The van der Waals surface area contributed by atoms with Gasteiger partial charge in [0.1, 0.15) is 0 Å². The number of benzene rings is 2. The van der Waals surface area contributed by atoms with Crippen molar-refractivity contribution in [1.29, 1.82) is 0 Å². The van der Waals surface area contributed by atoms with Gasteiger partial charge in [-0.05, 0) is 62.0 Å². The highest BCUT2D eigenvalue weighted by Gasteiger charge is 2.45. The van der Waals surface area contributed by atoms with Gasteiger partial charge < -0.3 is 20.0 Å². The van der Waals surface area contributed by atoms with Gasteiger partial charge in [0.25, 0.3) is 0 Å². The molecule has 2 atom stereocenters. The Labute approximate surface area is 217 Å². The molecule has 2 fully saturated rings. The third kappa shape index (κ3) is 6.24. The Morgan fingerprint density at radius 2 is 1.69 bits per heavy atom. The Morgan fingerprint density at radius 1 is 1.06 bits per heavy atom. The van der Waals surface area contributed by atoms with Crippen LogP contribution in [-0.4, -0.2) is 76.3 Å². The lowest BCUT2D eigenvalue weighted by Gasteiger charge is -2.32. The maximum atomic E-state index is 13.3. The fraction of sp³-hybridized carbons (Fsp3) is 0.440. The number of nitrogens with one attached hydrogen (secondary N) is 1. The lowest BCUT2D eigenvalue weighted by atomic mass is 9.92. The predicted octanol–water partition coefficient (Wildman–Crippen LogP) is 1.84. The molecule has 2 aliphatic rings. The Bertz CT molecular complexity index is 1180. The van der Waals surface area contributed by atoms with Gasteiger partial charge in [-0.2, -0.15) is 0 Å². The molecule has 0 bridgehead atoms. The molecular weight excluding hydrogens is 502 g/mol. The maximum Gasteiger partial charge on any atom is 0.238 e. The van der Waals surface area contributed by atoms with E-state index in [2.05, 4.69) is 22.2 Å². The van der Waals surface area contributed by atoms with E-state index in [1.807, 2.05) is 12.1 Å². The molecule has 36 heavy (non-hydrogen) atoms. The molecule has 4 rings (SSSR count). The molecule has 2 heterocycles. The van der Waals surface area contributed by atoms with E-state index in [1.165, 1.54) is 24.3 Å². The molecule has 0 spiro atoms. The van der Waals surface area contributed by atoms with Crippen molar-refractivity contribution in [2.45, 2.75) is 23.8 Å². The number of halogens is 1. The summed E-state index contributed by atoms with van der Waals surface area (Å²) in [5, 5.41) is 8.80. The molecule has 0 unspecified atom stereocenters. The number of amides is 2. The number of sulfonamides is 1. The first-order valence-corrected chi connectivity index (χ1v) is 13.9. The van der Waals surface area contributed by atoms with Crippen LogP contribution in [-0.2, 0) is 19.6 Å². The van der Waals surface area contributed by atoms with Crippen LogP contribution in [0.2, 0.25) is 5.02 Å². The summed E-state index contributed by atoms with van der Waals surface area (Å²) in [6, 6.07) is 12.3. The number of primary sulfonamides is 1. The number of likely N-dealkylation sites (N-methyl/N-ethyl adjacent to an activating group) is 1. The van der Waals surface area contributed by atoms with Crippen molar-refractivity contribution in [2.24, 2.45) is 11.1 Å². The summed E-state index contributed by atoms with van der Waals surface area (Å²) in [6.07, 6.45) is 0.884. The Balaban J connectivity index is 1.49. The zero-order chi connectivity index (χ0) is 25.9. The van der Waals surface area contributed by atoms with E-state index < -0.39 is 22.0 Å². The minimum Gasteiger partial charge on any atom is -0.356 e. The second kappa shape index (κ2) is 11.3. The molecule has 2 aromatic carbocycles. The van der Waals surface area contributed by atoms with Gasteiger partial charge in [0, 0.05) is 49.9 Å². The molecule has 2 amide bonds. The van der Waals surface area contributed by atoms with Crippen LogP contribution in [0.4, 0.5) is 5.69 Å². The fourth-order valence-corrected chi connectivity index (χ4v) is 5.47. The van der Waals surface area contributed by atoms with Crippen LogP contribution >= 0.6 is 11.6 Å². The summed E-state index contributed by atoms with van der Waals surface area (Å²) >= 11 is 6.08.